The molecular weight excluding hydrogens is 322 g/mol. The second-order valence-corrected chi connectivity index (χ2v) is 5.60. The van der Waals surface area contributed by atoms with Gasteiger partial charge in [-0.2, -0.15) is 5.48 Å². The van der Waals surface area contributed by atoms with E-state index in [9.17, 15) is 19.2 Å². The van der Waals surface area contributed by atoms with Crippen LogP contribution in [0.2, 0.25) is 0 Å². The fourth-order valence-corrected chi connectivity index (χ4v) is 1.67. The maximum Gasteiger partial charge on any atom is 0.432 e. The monoisotopic (exact) mass is 347 g/mol. The third-order valence-corrected chi connectivity index (χ3v) is 3.04. The average Bonchev–Trinajstić information content (AvgIpc) is 2.53. The lowest BCUT2D eigenvalue weighted by Gasteiger charge is -2.21. The summed E-state index contributed by atoms with van der Waals surface area (Å²) in [5, 5.41) is 4.57. The van der Waals surface area contributed by atoms with E-state index in [0.717, 1.165) is 0 Å². The smallest absolute Gasteiger partial charge is 0.432 e. The van der Waals surface area contributed by atoms with Gasteiger partial charge in [-0.1, -0.05) is 27.7 Å². The minimum Gasteiger partial charge on any atom is -0.467 e. The summed E-state index contributed by atoms with van der Waals surface area (Å²) in [5.41, 5.74) is 1.83. The number of hydroxylamine groups is 1. The van der Waals surface area contributed by atoms with Gasteiger partial charge >= 0.3 is 24.1 Å². The second-order valence-electron chi connectivity index (χ2n) is 5.60. The molecule has 0 saturated carbocycles. The average molecular weight is 347 g/mol. The number of amides is 3. The van der Waals surface area contributed by atoms with Crippen LogP contribution in [0.3, 0.4) is 0 Å². The van der Waals surface area contributed by atoms with E-state index >= 15 is 0 Å². The van der Waals surface area contributed by atoms with E-state index in [2.05, 4.69) is 24.9 Å². The van der Waals surface area contributed by atoms with E-state index in [-0.39, 0.29) is 11.8 Å². The molecular formula is C14H25N3O7. The Labute approximate surface area is 140 Å². The van der Waals surface area contributed by atoms with Gasteiger partial charge < -0.3 is 24.9 Å². The molecule has 10 nitrogen and oxygen atoms in total. The molecule has 3 N–H and O–H groups in total. The second kappa shape index (κ2) is 10.3. The Bertz CT molecular complexity index is 423. The molecule has 2 atom stereocenters. The first kappa shape index (κ1) is 21.5. The number of ether oxygens (including phenoxy) is 2. The van der Waals surface area contributed by atoms with Crippen molar-refractivity contribution in [3.63, 3.8) is 0 Å². The molecule has 0 aromatic rings. The summed E-state index contributed by atoms with van der Waals surface area (Å²) in [4.78, 5) is 50.8. The molecule has 0 unspecified atom stereocenters. The predicted molar refractivity (Wildman–Crippen MR) is 82.6 cm³/mol. The van der Waals surface area contributed by atoms with Crippen molar-refractivity contribution in [3.8, 4) is 0 Å². The lowest BCUT2D eigenvalue weighted by molar-refractivity contribution is -0.145. The first-order chi connectivity index (χ1) is 11.1. The van der Waals surface area contributed by atoms with Gasteiger partial charge in [-0.3, -0.25) is 0 Å². The minimum absolute atomic E-state index is 0.235. The maximum atomic E-state index is 11.7. The molecule has 138 valence electrons. The molecule has 0 fully saturated rings. The lowest BCUT2D eigenvalue weighted by atomic mass is 10.1. The van der Waals surface area contributed by atoms with E-state index in [1.165, 1.54) is 14.2 Å². The van der Waals surface area contributed by atoms with Gasteiger partial charge in [-0.15, -0.1) is 0 Å². The van der Waals surface area contributed by atoms with Crippen LogP contribution in [-0.4, -0.2) is 50.4 Å². The highest BCUT2D eigenvalue weighted by atomic mass is 16.7. The molecule has 0 heterocycles. The zero-order valence-corrected chi connectivity index (χ0v) is 14.7. The van der Waals surface area contributed by atoms with Crippen molar-refractivity contribution in [2.24, 2.45) is 11.8 Å². The molecule has 0 aliphatic heterocycles. The van der Waals surface area contributed by atoms with E-state index in [4.69, 9.17) is 0 Å². The fourth-order valence-electron chi connectivity index (χ4n) is 1.67. The first-order valence-corrected chi connectivity index (χ1v) is 7.33. The van der Waals surface area contributed by atoms with Crippen LogP contribution in [0, 0.1) is 11.8 Å². The van der Waals surface area contributed by atoms with Crippen LogP contribution >= 0.6 is 0 Å². The third kappa shape index (κ3) is 7.16. The molecule has 0 aliphatic carbocycles. The summed E-state index contributed by atoms with van der Waals surface area (Å²) in [6.45, 7) is 6.81. The molecule has 10 heteroatoms. The molecule has 24 heavy (non-hydrogen) atoms. The number of methoxy groups -OCH3 is 2. The Kier molecular flexibility index (Phi) is 9.21. The summed E-state index contributed by atoms with van der Waals surface area (Å²) < 4.78 is 9.12. The van der Waals surface area contributed by atoms with Crippen LogP contribution in [0.15, 0.2) is 0 Å². The van der Waals surface area contributed by atoms with E-state index in [0.29, 0.717) is 0 Å². The van der Waals surface area contributed by atoms with Gasteiger partial charge in [0.1, 0.15) is 12.1 Å². The highest BCUT2D eigenvalue weighted by molar-refractivity contribution is 5.85. The number of hydrogen-bond donors (Lipinski definition) is 3. The number of esters is 2. The van der Waals surface area contributed by atoms with Crippen molar-refractivity contribution in [2.45, 2.75) is 39.8 Å². The zero-order chi connectivity index (χ0) is 18.9. The van der Waals surface area contributed by atoms with Gasteiger partial charge in [0.2, 0.25) is 0 Å². The largest absolute Gasteiger partial charge is 0.467 e. The number of hydrogen-bond acceptors (Lipinski definition) is 7. The van der Waals surface area contributed by atoms with Crippen LogP contribution < -0.4 is 16.1 Å². The van der Waals surface area contributed by atoms with Gasteiger partial charge in [0.15, 0.2) is 0 Å². The van der Waals surface area contributed by atoms with E-state index in [1.54, 1.807) is 27.7 Å². The van der Waals surface area contributed by atoms with Crippen LogP contribution in [0.25, 0.3) is 0 Å². The lowest BCUT2D eigenvalue weighted by Crippen LogP contribution is -2.51. The molecule has 0 aromatic heterocycles. The van der Waals surface area contributed by atoms with E-state index in [1.807, 2.05) is 5.48 Å². The Morgan fingerprint density at radius 1 is 0.750 bits per heavy atom. The molecule has 0 radical (unpaired) electrons. The number of nitrogens with one attached hydrogen (secondary N) is 3. The van der Waals surface area contributed by atoms with Crippen LogP contribution in [0.1, 0.15) is 27.7 Å². The fraction of sp³-hybridized carbons (Fsp3) is 0.714. The molecule has 0 spiro atoms. The highest BCUT2D eigenvalue weighted by Crippen LogP contribution is 2.04. The quantitative estimate of drug-likeness (QED) is 0.358. The van der Waals surface area contributed by atoms with Crippen molar-refractivity contribution < 1.29 is 33.5 Å². The maximum absolute atomic E-state index is 11.7. The van der Waals surface area contributed by atoms with Crippen LogP contribution in [0.4, 0.5) is 9.59 Å². The molecule has 0 bridgehead atoms. The van der Waals surface area contributed by atoms with Crippen LogP contribution in [-0.2, 0) is 23.9 Å². The summed E-state index contributed by atoms with van der Waals surface area (Å²) >= 11 is 0. The van der Waals surface area contributed by atoms with Gasteiger partial charge in [0, 0.05) is 0 Å². The predicted octanol–water partition coefficient (Wildman–Crippen LogP) is 0.322. The summed E-state index contributed by atoms with van der Waals surface area (Å²) in [6.07, 6.45) is -1.05. The van der Waals surface area contributed by atoms with Gasteiger partial charge in [0.25, 0.3) is 0 Å². The van der Waals surface area contributed by atoms with Crippen molar-refractivity contribution in [1.29, 1.82) is 0 Å². The Morgan fingerprint density at radius 2 is 1.17 bits per heavy atom. The molecule has 3 amide bonds. The molecule has 0 saturated heterocycles. The van der Waals surface area contributed by atoms with Gasteiger partial charge in [0.05, 0.1) is 14.2 Å². The highest BCUT2D eigenvalue weighted by Gasteiger charge is 2.27. The number of carbonyl (C=O) groups excluding carboxylic acids is 4. The topological polar surface area (TPSA) is 132 Å². The van der Waals surface area contributed by atoms with Crippen molar-refractivity contribution in [3.05, 3.63) is 0 Å². The minimum atomic E-state index is -1.05. The van der Waals surface area contributed by atoms with Crippen LogP contribution in [0.5, 0.6) is 0 Å². The van der Waals surface area contributed by atoms with Crippen molar-refractivity contribution in [1.82, 2.24) is 16.1 Å². The van der Waals surface area contributed by atoms with Gasteiger partial charge in [-0.05, 0) is 11.8 Å². The Balaban J connectivity index is 4.51. The van der Waals surface area contributed by atoms with Gasteiger partial charge in [-0.25, -0.2) is 19.2 Å². The summed E-state index contributed by atoms with van der Waals surface area (Å²) in [5.74, 6) is -1.75. The summed E-state index contributed by atoms with van der Waals surface area (Å²) in [7, 11) is 2.38. The number of carbonyl (C=O) groups is 4. The SMILES string of the molecule is COC(=O)[C@@H](NC(=O)NOC(=O)N[C@H](C(=O)OC)C(C)C)C(C)C. The molecule has 0 aliphatic rings. The summed E-state index contributed by atoms with van der Waals surface area (Å²) in [6, 6.07) is -2.74. The van der Waals surface area contributed by atoms with E-state index < -0.39 is 36.1 Å². The Morgan fingerprint density at radius 3 is 1.54 bits per heavy atom. The Hall–Kier alpha value is -2.52. The number of rotatable bonds is 6. The zero-order valence-electron chi connectivity index (χ0n) is 14.7. The third-order valence-electron chi connectivity index (χ3n) is 3.04. The van der Waals surface area contributed by atoms with Crippen molar-refractivity contribution >= 4 is 24.1 Å². The molecule has 0 aromatic carbocycles. The standard InChI is InChI=1S/C14H25N3O7/c1-7(2)9(11(18)22-5)15-13(20)17-24-14(21)16-10(8(3)4)12(19)23-6/h7-10H,1-6H3,(H,16,21)(H2,15,17,20)/t9-,10-/m0/s1. The normalized spacial score (nSPS) is 12.8. The van der Waals surface area contributed by atoms with Crippen molar-refractivity contribution in [2.75, 3.05) is 14.2 Å². The number of urea groups is 1. The molecule has 0 rings (SSSR count). The first-order valence-electron chi connectivity index (χ1n) is 7.33.